The Morgan fingerprint density at radius 2 is 1.95 bits per heavy atom. The first-order valence-corrected chi connectivity index (χ1v) is 7.01. The van der Waals surface area contributed by atoms with Crippen LogP contribution < -0.4 is 0 Å². The summed E-state index contributed by atoms with van der Waals surface area (Å²) < 4.78 is 5.16. The Bertz CT molecular complexity index is 398. The Hall–Kier alpha value is -1.29. The number of rotatable bonds is 3. The minimum absolute atomic E-state index is 0.0143. The molecule has 4 nitrogen and oxygen atoms in total. The SMILES string of the molecule is CC(C)(C)CCN1CCN(C(=O)c2ccco2)CC1. The Kier molecular flexibility index (Phi) is 4.30. The molecule has 0 spiro atoms. The summed E-state index contributed by atoms with van der Waals surface area (Å²) in [5, 5.41) is 0. The smallest absolute Gasteiger partial charge is 0.289 e. The van der Waals surface area contributed by atoms with Gasteiger partial charge in [0.05, 0.1) is 6.26 Å². The summed E-state index contributed by atoms with van der Waals surface area (Å²) in [6.07, 6.45) is 2.74. The van der Waals surface area contributed by atoms with Crippen LogP contribution in [0, 0.1) is 5.41 Å². The molecule has 1 aromatic heterocycles. The molecular formula is C15H24N2O2. The molecule has 2 rings (SSSR count). The summed E-state index contributed by atoms with van der Waals surface area (Å²) in [6, 6.07) is 3.49. The molecule has 1 fully saturated rings. The topological polar surface area (TPSA) is 36.7 Å². The molecule has 1 amide bonds. The fourth-order valence-electron chi connectivity index (χ4n) is 2.22. The van der Waals surface area contributed by atoms with Gasteiger partial charge in [-0.15, -0.1) is 0 Å². The average molecular weight is 264 g/mol. The molecule has 2 heterocycles. The van der Waals surface area contributed by atoms with Gasteiger partial charge in [0, 0.05) is 26.2 Å². The highest BCUT2D eigenvalue weighted by Crippen LogP contribution is 2.19. The van der Waals surface area contributed by atoms with E-state index in [1.807, 2.05) is 4.90 Å². The van der Waals surface area contributed by atoms with Crippen molar-refractivity contribution < 1.29 is 9.21 Å². The fraction of sp³-hybridized carbons (Fsp3) is 0.667. The van der Waals surface area contributed by atoms with E-state index in [0.29, 0.717) is 11.2 Å². The van der Waals surface area contributed by atoms with E-state index in [1.165, 1.54) is 6.42 Å². The van der Waals surface area contributed by atoms with Gasteiger partial charge < -0.3 is 9.32 Å². The lowest BCUT2D eigenvalue weighted by atomic mass is 9.92. The molecule has 0 unspecified atom stereocenters. The fourth-order valence-corrected chi connectivity index (χ4v) is 2.22. The van der Waals surface area contributed by atoms with Gasteiger partial charge in [-0.1, -0.05) is 20.8 Å². The molecule has 1 aliphatic rings. The van der Waals surface area contributed by atoms with Crippen molar-refractivity contribution in [2.24, 2.45) is 5.41 Å². The van der Waals surface area contributed by atoms with Crippen LogP contribution >= 0.6 is 0 Å². The highest BCUT2D eigenvalue weighted by atomic mass is 16.3. The second kappa shape index (κ2) is 5.78. The third-order valence-electron chi connectivity index (χ3n) is 3.57. The molecule has 4 heteroatoms. The standard InChI is InChI=1S/C15H24N2O2/c1-15(2,3)6-7-16-8-10-17(11-9-16)14(18)13-5-4-12-19-13/h4-5,12H,6-11H2,1-3H3. The maximum absolute atomic E-state index is 12.1. The third-order valence-corrected chi connectivity index (χ3v) is 3.57. The first-order valence-electron chi connectivity index (χ1n) is 7.01. The Balaban J connectivity index is 1.78. The maximum atomic E-state index is 12.1. The normalized spacial score (nSPS) is 17.7. The molecule has 1 aliphatic heterocycles. The molecule has 1 aromatic rings. The van der Waals surface area contributed by atoms with E-state index < -0.39 is 0 Å². The van der Waals surface area contributed by atoms with Crippen LogP contribution in [0.3, 0.4) is 0 Å². The van der Waals surface area contributed by atoms with E-state index in [9.17, 15) is 4.79 Å². The maximum Gasteiger partial charge on any atom is 0.289 e. The molecule has 106 valence electrons. The number of carbonyl (C=O) groups is 1. The predicted molar refractivity (Wildman–Crippen MR) is 75.1 cm³/mol. The van der Waals surface area contributed by atoms with Crippen molar-refractivity contribution in [1.29, 1.82) is 0 Å². The predicted octanol–water partition coefficient (Wildman–Crippen LogP) is 2.47. The van der Waals surface area contributed by atoms with Crippen molar-refractivity contribution in [2.45, 2.75) is 27.2 Å². The van der Waals surface area contributed by atoms with Gasteiger partial charge in [-0.05, 0) is 30.5 Å². The van der Waals surface area contributed by atoms with Crippen LogP contribution in [-0.2, 0) is 0 Å². The number of amides is 1. The molecule has 19 heavy (non-hydrogen) atoms. The summed E-state index contributed by atoms with van der Waals surface area (Å²) >= 11 is 0. The van der Waals surface area contributed by atoms with Crippen LogP contribution in [0.25, 0.3) is 0 Å². The van der Waals surface area contributed by atoms with Crippen LogP contribution in [0.2, 0.25) is 0 Å². The van der Waals surface area contributed by atoms with Crippen molar-refractivity contribution in [3.05, 3.63) is 24.2 Å². The highest BCUT2D eigenvalue weighted by molar-refractivity contribution is 5.91. The molecule has 0 atom stereocenters. The molecule has 0 aliphatic carbocycles. The van der Waals surface area contributed by atoms with E-state index in [0.717, 1.165) is 32.7 Å². The summed E-state index contributed by atoms with van der Waals surface area (Å²) in [7, 11) is 0. The lowest BCUT2D eigenvalue weighted by Crippen LogP contribution is -2.49. The van der Waals surface area contributed by atoms with Gasteiger partial charge in [0.15, 0.2) is 5.76 Å². The van der Waals surface area contributed by atoms with Crippen molar-refractivity contribution in [2.75, 3.05) is 32.7 Å². The number of hydrogen-bond donors (Lipinski definition) is 0. The van der Waals surface area contributed by atoms with Crippen LogP contribution in [0.4, 0.5) is 0 Å². The Morgan fingerprint density at radius 1 is 1.26 bits per heavy atom. The summed E-state index contributed by atoms with van der Waals surface area (Å²) in [4.78, 5) is 16.4. The first kappa shape index (κ1) is 14.1. The molecule has 1 saturated heterocycles. The lowest BCUT2D eigenvalue weighted by molar-refractivity contribution is 0.0593. The minimum Gasteiger partial charge on any atom is -0.459 e. The second-order valence-electron chi connectivity index (χ2n) is 6.42. The van der Waals surface area contributed by atoms with Gasteiger partial charge in [-0.25, -0.2) is 0 Å². The van der Waals surface area contributed by atoms with Gasteiger partial charge in [0.2, 0.25) is 0 Å². The monoisotopic (exact) mass is 264 g/mol. The van der Waals surface area contributed by atoms with Gasteiger partial charge in [-0.2, -0.15) is 0 Å². The van der Waals surface area contributed by atoms with E-state index in [2.05, 4.69) is 25.7 Å². The summed E-state index contributed by atoms with van der Waals surface area (Å²) in [5.41, 5.74) is 0.376. The largest absolute Gasteiger partial charge is 0.459 e. The number of hydrogen-bond acceptors (Lipinski definition) is 3. The van der Waals surface area contributed by atoms with E-state index in [4.69, 9.17) is 4.42 Å². The molecule has 0 bridgehead atoms. The van der Waals surface area contributed by atoms with Crippen LogP contribution in [0.15, 0.2) is 22.8 Å². The van der Waals surface area contributed by atoms with Crippen molar-refractivity contribution in [3.63, 3.8) is 0 Å². The Labute approximate surface area is 115 Å². The minimum atomic E-state index is 0.0143. The quantitative estimate of drug-likeness (QED) is 0.841. The lowest BCUT2D eigenvalue weighted by Gasteiger charge is -2.35. The molecule has 0 N–H and O–H groups in total. The first-order chi connectivity index (χ1) is 8.96. The van der Waals surface area contributed by atoms with E-state index >= 15 is 0 Å². The van der Waals surface area contributed by atoms with E-state index in [1.54, 1.807) is 18.4 Å². The van der Waals surface area contributed by atoms with E-state index in [-0.39, 0.29) is 5.91 Å². The van der Waals surface area contributed by atoms with Gasteiger partial charge in [0.25, 0.3) is 5.91 Å². The number of carbonyl (C=O) groups excluding carboxylic acids is 1. The van der Waals surface area contributed by atoms with Crippen LogP contribution in [0.1, 0.15) is 37.7 Å². The zero-order chi connectivity index (χ0) is 13.9. The molecule has 0 saturated carbocycles. The second-order valence-corrected chi connectivity index (χ2v) is 6.42. The van der Waals surface area contributed by atoms with Crippen LogP contribution in [0.5, 0.6) is 0 Å². The third kappa shape index (κ3) is 4.10. The average Bonchev–Trinajstić information content (AvgIpc) is 2.89. The van der Waals surface area contributed by atoms with Gasteiger partial charge >= 0.3 is 0 Å². The zero-order valence-corrected chi connectivity index (χ0v) is 12.2. The molecule has 0 aromatic carbocycles. The van der Waals surface area contributed by atoms with Gasteiger partial charge in [-0.3, -0.25) is 9.69 Å². The summed E-state index contributed by atoms with van der Waals surface area (Å²) in [5.74, 6) is 0.462. The Morgan fingerprint density at radius 3 is 2.47 bits per heavy atom. The van der Waals surface area contributed by atoms with Gasteiger partial charge in [0.1, 0.15) is 0 Å². The summed E-state index contributed by atoms with van der Waals surface area (Å²) in [6.45, 7) is 11.4. The van der Waals surface area contributed by atoms with Crippen molar-refractivity contribution in [1.82, 2.24) is 9.80 Å². The van der Waals surface area contributed by atoms with Crippen molar-refractivity contribution in [3.8, 4) is 0 Å². The number of nitrogens with zero attached hydrogens (tertiary/aromatic N) is 2. The molecule has 0 radical (unpaired) electrons. The molecular weight excluding hydrogens is 240 g/mol. The highest BCUT2D eigenvalue weighted by Gasteiger charge is 2.24. The van der Waals surface area contributed by atoms with Crippen LogP contribution in [-0.4, -0.2) is 48.4 Å². The zero-order valence-electron chi connectivity index (χ0n) is 12.2. The number of piperazine rings is 1. The number of furan rings is 1. The van der Waals surface area contributed by atoms with Crippen molar-refractivity contribution >= 4 is 5.91 Å².